The number of hydrogen-bond acceptors (Lipinski definition) is 12. The van der Waals surface area contributed by atoms with Gasteiger partial charge in [-0.05, 0) is 150 Å². The molecule has 76 heavy (non-hydrogen) atoms. The van der Waals surface area contributed by atoms with Crippen molar-refractivity contribution in [1.29, 1.82) is 0 Å². The van der Waals surface area contributed by atoms with Crippen LogP contribution in [0.3, 0.4) is 0 Å². The first kappa shape index (κ1) is 61.1. The minimum Gasteiger partial charge on any atom is -0.494 e. The Morgan fingerprint density at radius 3 is 1.26 bits per heavy atom. The number of aliphatic hydroxyl groups excluding tert-OH is 1. The topological polar surface area (TPSA) is 137 Å². The maximum Gasteiger partial charge on any atom is 0.206 e. The van der Waals surface area contributed by atoms with Gasteiger partial charge in [0, 0.05) is 89.6 Å². The first-order valence-electron chi connectivity index (χ1n) is 29.1. The van der Waals surface area contributed by atoms with Crippen LogP contribution in [0.5, 0.6) is 11.5 Å². The van der Waals surface area contributed by atoms with Crippen LogP contribution in [0.15, 0.2) is 117 Å². The molecule has 1 N–H and O–H groups in total. The second kappa shape index (κ2) is 32.1. The number of carbonyl (C=O) groups excluding carboxylic acids is 1. The lowest BCUT2D eigenvalue weighted by atomic mass is 9.93. The molecule has 14 heteroatoms. The van der Waals surface area contributed by atoms with E-state index < -0.39 is 19.7 Å². The molecule has 12 nitrogen and oxygen atoms in total. The van der Waals surface area contributed by atoms with Crippen LogP contribution < -0.4 is 9.47 Å². The summed E-state index contributed by atoms with van der Waals surface area (Å²) in [5.74, 6) is 1.12. The number of ether oxygens (including phenoxy) is 2. The third kappa shape index (κ3) is 17.9. The van der Waals surface area contributed by atoms with Gasteiger partial charge in [-0.2, -0.15) is 0 Å². The van der Waals surface area contributed by atoms with Crippen LogP contribution in [0.4, 0.5) is 0 Å². The van der Waals surface area contributed by atoms with Gasteiger partial charge < -0.3 is 19.4 Å². The molecule has 2 aliphatic carbocycles. The summed E-state index contributed by atoms with van der Waals surface area (Å²) in [5, 5.41) is 8.86. The predicted molar refractivity (Wildman–Crippen MR) is 306 cm³/mol. The minimum atomic E-state index is -3.63. The zero-order chi connectivity index (χ0) is 54.2. The molecule has 0 radical (unpaired) electrons. The molecule has 2 saturated carbocycles. The van der Waals surface area contributed by atoms with E-state index in [9.17, 15) is 21.6 Å². The van der Waals surface area contributed by atoms with Gasteiger partial charge in [-0.15, -0.1) is 0 Å². The number of rotatable bonds is 24. The lowest BCUT2D eigenvalue weighted by Gasteiger charge is -2.42. The highest BCUT2D eigenvalue weighted by Gasteiger charge is 2.30. The molecule has 4 fully saturated rings. The Morgan fingerprint density at radius 1 is 0.500 bits per heavy atom. The van der Waals surface area contributed by atoms with Crippen molar-refractivity contribution in [1.82, 2.24) is 19.6 Å². The maximum atomic E-state index is 13.3. The number of aldehydes is 1. The van der Waals surface area contributed by atoms with E-state index in [0.717, 1.165) is 127 Å². The summed E-state index contributed by atoms with van der Waals surface area (Å²) in [6, 6.07) is 30.4. The molecule has 4 aromatic carbocycles. The average molecular weight is 1090 g/mol. The second-order valence-electron chi connectivity index (χ2n) is 21.0. The molecule has 420 valence electrons. The molecule has 4 aliphatic rings. The Morgan fingerprint density at radius 2 is 0.882 bits per heavy atom. The molecular weight excluding hydrogens is 993 g/mol. The molecule has 8 rings (SSSR count). The molecule has 0 amide bonds. The summed E-state index contributed by atoms with van der Waals surface area (Å²) in [7, 11) is -7.25. The fourth-order valence-corrected chi connectivity index (χ4v) is 13.9. The third-order valence-electron chi connectivity index (χ3n) is 16.1. The number of benzene rings is 4. The van der Waals surface area contributed by atoms with E-state index in [1.165, 1.54) is 64.2 Å². The van der Waals surface area contributed by atoms with Gasteiger partial charge in [0.15, 0.2) is 0 Å². The summed E-state index contributed by atoms with van der Waals surface area (Å²) >= 11 is 0. The van der Waals surface area contributed by atoms with Gasteiger partial charge in [-0.25, -0.2) is 16.8 Å². The van der Waals surface area contributed by atoms with Crippen molar-refractivity contribution in [3.8, 4) is 11.5 Å². The zero-order valence-corrected chi connectivity index (χ0v) is 48.2. The zero-order valence-electron chi connectivity index (χ0n) is 46.5. The maximum absolute atomic E-state index is 13.3. The molecule has 2 heterocycles. The van der Waals surface area contributed by atoms with Crippen LogP contribution in [-0.2, 0) is 24.5 Å². The van der Waals surface area contributed by atoms with Crippen LogP contribution in [0, 0.1) is 0 Å². The fraction of sp³-hybridized carbons (Fsp3) is 0.597. The van der Waals surface area contributed by atoms with Crippen molar-refractivity contribution in [2.45, 2.75) is 187 Å². The van der Waals surface area contributed by atoms with Crippen molar-refractivity contribution in [2.75, 3.05) is 72.2 Å². The van der Waals surface area contributed by atoms with E-state index in [1.807, 2.05) is 38.1 Å². The summed E-state index contributed by atoms with van der Waals surface area (Å²) < 4.78 is 64.8. The summed E-state index contributed by atoms with van der Waals surface area (Å²) in [4.78, 5) is 21.9. The van der Waals surface area contributed by atoms with Gasteiger partial charge in [0.2, 0.25) is 19.7 Å². The summed E-state index contributed by atoms with van der Waals surface area (Å²) in [6.07, 6.45) is 21.4. The van der Waals surface area contributed by atoms with Crippen molar-refractivity contribution in [3.05, 3.63) is 108 Å². The van der Waals surface area contributed by atoms with Gasteiger partial charge in [-0.3, -0.25) is 19.6 Å². The van der Waals surface area contributed by atoms with Crippen LogP contribution in [0.25, 0.3) is 0 Å². The number of piperazine rings is 2. The Kier molecular flexibility index (Phi) is 25.8. The van der Waals surface area contributed by atoms with Crippen molar-refractivity contribution in [3.63, 3.8) is 0 Å². The van der Waals surface area contributed by atoms with Crippen LogP contribution in [-0.4, -0.2) is 132 Å². The largest absolute Gasteiger partial charge is 0.494 e. The number of hydrogen-bond donors (Lipinski definition) is 1. The Balaban J connectivity index is 0.000000239. The van der Waals surface area contributed by atoms with Gasteiger partial charge in [0.25, 0.3) is 0 Å². The van der Waals surface area contributed by atoms with Crippen LogP contribution in [0.2, 0.25) is 0 Å². The molecule has 2 unspecified atom stereocenters. The molecule has 2 atom stereocenters. The number of sulfone groups is 2. The summed E-state index contributed by atoms with van der Waals surface area (Å²) in [6.45, 7) is 18.5. The van der Waals surface area contributed by atoms with Crippen molar-refractivity contribution >= 4 is 26.0 Å². The first-order chi connectivity index (χ1) is 37.0. The Labute approximate surface area is 458 Å². The number of carbonyl (C=O) groups is 1. The molecule has 0 spiro atoms. The molecule has 0 bridgehead atoms. The van der Waals surface area contributed by atoms with Gasteiger partial charge in [0.05, 0.1) is 32.8 Å². The van der Waals surface area contributed by atoms with E-state index in [0.29, 0.717) is 40.9 Å². The Bertz CT molecular complexity index is 2500. The fourth-order valence-electron chi connectivity index (χ4n) is 11.3. The highest BCUT2D eigenvalue weighted by atomic mass is 32.2. The predicted octanol–water partition coefficient (Wildman–Crippen LogP) is 12.2. The number of nitrogens with zero attached hydrogens (tertiary/aromatic N) is 4. The van der Waals surface area contributed by atoms with E-state index in [-0.39, 0.29) is 28.5 Å². The molecule has 2 saturated heterocycles. The average Bonchev–Trinajstić information content (AvgIpc) is 3.50. The normalized spacial score (nSPS) is 18.6. The SMILES string of the molecule is CC.CC(c1ccc(S(=O)(=O)c2cccc(OCCCCCC=O)c2)cc1)N1CCN(C2CCCCC2)CC1.CC(c1ccc(S(=O)(=O)c2cccc(OCCCCCCO)c2)cc1)N1CCN(C2CCCCC2)CC1. The monoisotopic (exact) mass is 1080 g/mol. The minimum absolute atomic E-state index is 0.220. The number of unbranched alkanes of at least 4 members (excludes halogenated alkanes) is 6. The first-order valence-corrected chi connectivity index (χ1v) is 32.1. The van der Waals surface area contributed by atoms with E-state index in [1.54, 1.807) is 72.8 Å². The van der Waals surface area contributed by atoms with Gasteiger partial charge >= 0.3 is 0 Å². The standard InChI is InChI=1S/C30H44N2O4S.C30H42N2O4S.C2H6/c2*1-25(31-18-20-32(21-19-31)27-10-5-4-6-11-27)26-14-16-29(17-15-26)37(34,35)30-13-9-12-28(24-30)36-23-8-3-2-7-22-33;1-2/h9,12-17,24-25,27,33H,2-8,10-11,18-23H2,1H3;9,12-17,22,24-25,27H,2-8,10-11,18-21,23H2,1H3;1-2H3. The van der Waals surface area contributed by atoms with Crippen molar-refractivity contribution in [2.24, 2.45) is 0 Å². The second-order valence-corrected chi connectivity index (χ2v) is 24.9. The summed E-state index contributed by atoms with van der Waals surface area (Å²) in [5.41, 5.74) is 2.31. The molecule has 2 aliphatic heterocycles. The molecular formula is C62H92N4O8S2. The third-order valence-corrected chi connectivity index (χ3v) is 19.6. The van der Waals surface area contributed by atoms with E-state index >= 15 is 0 Å². The highest BCUT2D eigenvalue weighted by Crippen LogP contribution is 2.32. The highest BCUT2D eigenvalue weighted by molar-refractivity contribution is 7.91. The molecule has 0 aromatic heterocycles. The van der Waals surface area contributed by atoms with E-state index in [4.69, 9.17) is 14.6 Å². The van der Waals surface area contributed by atoms with Gasteiger partial charge in [-0.1, -0.05) is 95.2 Å². The van der Waals surface area contributed by atoms with Crippen LogP contribution >= 0.6 is 0 Å². The molecule has 4 aromatic rings. The Hall–Kier alpha value is -4.15. The van der Waals surface area contributed by atoms with E-state index in [2.05, 4.69) is 33.4 Å². The number of aliphatic hydroxyl groups is 1. The van der Waals surface area contributed by atoms with Crippen LogP contribution in [0.1, 0.15) is 166 Å². The lowest BCUT2D eigenvalue weighted by Crippen LogP contribution is -2.51. The smallest absolute Gasteiger partial charge is 0.206 e. The van der Waals surface area contributed by atoms with Crippen molar-refractivity contribution < 1.29 is 36.2 Å². The van der Waals surface area contributed by atoms with Gasteiger partial charge in [0.1, 0.15) is 17.8 Å². The quantitative estimate of drug-likeness (QED) is 0.0528. The lowest BCUT2D eigenvalue weighted by molar-refractivity contribution is -0.107.